The van der Waals surface area contributed by atoms with Crippen molar-refractivity contribution in [3.63, 3.8) is 0 Å². The van der Waals surface area contributed by atoms with Crippen LogP contribution < -0.4 is 16.4 Å². The molecule has 2 amide bonds. The number of rotatable bonds is 4. The van der Waals surface area contributed by atoms with E-state index in [9.17, 15) is 4.79 Å². The van der Waals surface area contributed by atoms with Gasteiger partial charge < -0.3 is 16.0 Å². The third-order valence-electron chi connectivity index (χ3n) is 3.90. The highest BCUT2D eigenvalue weighted by atomic mass is 16.2. The monoisotopic (exact) mass is 363 g/mol. The van der Waals surface area contributed by atoms with Crippen molar-refractivity contribution in [1.29, 1.82) is 0 Å². The van der Waals surface area contributed by atoms with Gasteiger partial charge in [-0.3, -0.25) is 5.32 Å². The molecule has 3 heterocycles. The van der Waals surface area contributed by atoms with Crippen LogP contribution in [0.15, 0.2) is 43.0 Å². The van der Waals surface area contributed by atoms with Crippen LogP contribution in [0.1, 0.15) is 6.92 Å². The smallest absolute Gasteiger partial charge is 0.321 e. The van der Waals surface area contributed by atoms with Crippen LogP contribution in [-0.4, -0.2) is 42.3 Å². The Morgan fingerprint density at radius 2 is 2.07 bits per heavy atom. The number of nitrogens with one attached hydrogen (secondary N) is 3. The van der Waals surface area contributed by atoms with Crippen LogP contribution in [0, 0.1) is 0 Å². The van der Waals surface area contributed by atoms with Crippen LogP contribution in [0.25, 0.3) is 27.8 Å². The molecular weight excluding hydrogens is 346 g/mol. The van der Waals surface area contributed by atoms with E-state index in [4.69, 9.17) is 5.73 Å². The number of hydrogen-bond acceptors (Lipinski definition) is 6. The molecule has 3 aromatic heterocycles. The van der Waals surface area contributed by atoms with Gasteiger partial charge in [0, 0.05) is 36.9 Å². The summed E-state index contributed by atoms with van der Waals surface area (Å²) in [4.78, 5) is 27.5. The van der Waals surface area contributed by atoms with Gasteiger partial charge in [-0.2, -0.15) is 5.10 Å². The van der Waals surface area contributed by atoms with E-state index in [0.29, 0.717) is 18.0 Å². The maximum absolute atomic E-state index is 11.8. The van der Waals surface area contributed by atoms with Crippen molar-refractivity contribution >= 4 is 29.0 Å². The quantitative estimate of drug-likeness (QED) is 0.437. The molecule has 1 aromatic carbocycles. The molecule has 10 nitrogen and oxygen atoms in total. The van der Waals surface area contributed by atoms with Crippen LogP contribution >= 0.6 is 0 Å². The largest absolute Gasteiger partial charge is 0.368 e. The first kappa shape index (κ1) is 16.5. The van der Waals surface area contributed by atoms with Crippen molar-refractivity contribution in [3.8, 4) is 16.8 Å². The molecule has 0 radical (unpaired) electrons. The van der Waals surface area contributed by atoms with E-state index in [2.05, 4.69) is 35.7 Å². The fourth-order valence-corrected chi connectivity index (χ4v) is 2.71. The van der Waals surface area contributed by atoms with Crippen LogP contribution in [0.3, 0.4) is 0 Å². The molecule has 4 aromatic rings. The van der Waals surface area contributed by atoms with Gasteiger partial charge in [-0.25, -0.2) is 24.4 Å². The number of benzene rings is 1. The number of carbonyl (C=O) groups is 1. The van der Waals surface area contributed by atoms with Gasteiger partial charge in [0.2, 0.25) is 11.9 Å². The van der Waals surface area contributed by atoms with Crippen molar-refractivity contribution in [2.24, 2.45) is 0 Å². The van der Waals surface area contributed by atoms with Crippen LogP contribution in [0.4, 0.5) is 16.7 Å². The van der Waals surface area contributed by atoms with Gasteiger partial charge in [0.05, 0.1) is 16.7 Å². The maximum atomic E-state index is 11.8. The van der Waals surface area contributed by atoms with Crippen molar-refractivity contribution in [2.45, 2.75) is 6.92 Å². The number of aromatic nitrogens is 6. The lowest BCUT2D eigenvalue weighted by Crippen LogP contribution is -2.28. The number of urea groups is 1. The number of anilines is 2. The van der Waals surface area contributed by atoms with Crippen LogP contribution in [-0.2, 0) is 0 Å². The van der Waals surface area contributed by atoms with Crippen molar-refractivity contribution in [3.05, 3.63) is 43.0 Å². The molecule has 136 valence electrons. The second-order valence-corrected chi connectivity index (χ2v) is 5.74. The van der Waals surface area contributed by atoms with Gasteiger partial charge in [0.1, 0.15) is 0 Å². The summed E-state index contributed by atoms with van der Waals surface area (Å²) >= 11 is 0. The third-order valence-corrected chi connectivity index (χ3v) is 3.90. The number of hydrogen-bond donors (Lipinski definition) is 4. The number of nitrogens with two attached hydrogens (primary N) is 1. The number of fused-ring (bicyclic) bond motifs is 1. The predicted octanol–water partition coefficient (Wildman–Crippen LogP) is 1.93. The molecule has 0 saturated carbocycles. The Labute approximate surface area is 153 Å². The normalized spacial score (nSPS) is 10.9. The van der Waals surface area contributed by atoms with E-state index in [0.717, 1.165) is 22.3 Å². The van der Waals surface area contributed by atoms with Gasteiger partial charge in [0.25, 0.3) is 0 Å². The first-order valence-electron chi connectivity index (χ1n) is 8.30. The highest BCUT2D eigenvalue weighted by molar-refractivity contribution is 5.94. The zero-order valence-electron chi connectivity index (χ0n) is 14.5. The summed E-state index contributed by atoms with van der Waals surface area (Å²) < 4.78 is 1.72. The second-order valence-electron chi connectivity index (χ2n) is 5.74. The topological polar surface area (TPSA) is 139 Å². The molecular formula is C17H17N9O. The van der Waals surface area contributed by atoms with Crippen molar-refractivity contribution in [2.75, 3.05) is 17.6 Å². The van der Waals surface area contributed by atoms with E-state index in [1.807, 2.05) is 31.3 Å². The van der Waals surface area contributed by atoms with E-state index < -0.39 is 0 Å². The molecule has 5 N–H and O–H groups in total. The summed E-state index contributed by atoms with van der Waals surface area (Å²) in [5, 5.41) is 9.65. The molecule has 0 aliphatic heterocycles. The molecule has 0 spiro atoms. The maximum Gasteiger partial charge on any atom is 0.321 e. The Morgan fingerprint density at radius 1 is 1.26 bits per heavy atom. The zero-order chi connectivity index (χ0) is 18.8. The summed E-state index contributed by atoms with van der Waals surface area (Å²) in [7, 11) is 0. The molecule has 0 unspecified atom stereocenters. The first-order chi connectivity index (χ1) is 13.1. The summed E-state index contributed by atoms with van der Waals surface area (Å²) in [6, 6.07) is 5.33. The van der Waals surface area contributed by atoms with E-state index in [-0.39, 0.29) is 12.0 Å². The SMILES string of the molecule is CCNC(=O)Nc1nc2cc(-c3cnc(N)nc3)cc(-n3cccn3)c2[nH]1. The van der Waals surface area contributed by atoms with Crippen LogP contribution in [0.2, 0.25) is 0 Å². The van der Waals surface area contributed by atoms with Crippen molar-refractivity contribution in [1.82, 2.24) is 35.0 Å². The Bertz CT molecular complexity index is 1080. The summed E-state index contributed by atoms with van der Waals surface area (Å²) in [6.45, 7) is 2.36. The average molecular weight is 363 g/mol. The number of imidazole rings is 1. The number of carbonyl (C=O) groups excluding carboxylic acids is 1. The zero-order valence-corrected chi connectivity index (χ0v) is 14.5. The number of nitrogens with zero attached hydrogens (tertiary/aromatic N) is 5. The number of nitrogen functional groups attached to an aromatic ring is 1. The number of H-pyrrole nitrogens is 1. The predicted molar refractivity (Wildman–Crippen MR) is 101 cm³/mol. The van der Waals surface area contributed by atoms with Gasteiger partial charge in [-0.15, -0.1) is 0 Å². The lowest BCUT2D eigenvalue weighted by Gasteiger charge is -2.07. The van der Waals surface area contributed by atoms with Gasteiger partial charge in [-0.1, -0.05) is 0 Å². The molecule has 0 atom stereocenters. The lowest BCUT2D eigenvalue weighted by atomic mass is 10.1. The number of amides is 2. The molecule has 0 aliphatic carbocycles. The minimum atomic E-state index is -0.329. The third kappa shape index (κ3) is 3.27. The fraction of sp³-hybridized carbons (Fsp3) is 0.118. The minimum absolute atomic E-state index is 0.209. The standard InChI is InChI=1S/C17H17N9O/c1-2-19-17(27)25-16-23-12-6-10(11-8-20-15(18)21-9-11)7-13(14(12)24-16)26-5-3-4-22-26/h3-9H,2H2,1H3,(H2,18,20,21)(H3,19,23,24,25,27). The Balaban J connectivity index is 1.84. The average Bonchev–Trinajstić information content (AvgIpc) is 3.31. The van der Waals surface area contributed by atoms with E-state index in [1.165, 1.54) is 0 Å². The molecule has 0 aliphatic rings. The molecule has 10 heteroatoms. The van der Waals surface area contributed by atoms with Crippen LogP contribution in [0.5, 0.6) is 0 Å². The Hall–Kier alpha value is -3.95. The Morgan fingerprint density at radius 3 is 2.78 bits per heavy atom. The molecule has 27 heavy (non-hydrogen) atoms. The molecule has 4 rings (SSSR count). The highest BCUT2D eigenvalue weighted by Crippen LogP contribution is 2.29. The second kappa shape index (κ2) is 6.75. The summed E-state index contributed by atoms with van der Waals surface area (Å²) in [6.07, 6.45) is 6.82. The summed E-state index contributed by atoms with van der Waals surface area (Å²) in [5.74, 6) is 0.551. The van der Waals surface area contributed by atoms with E-state index in [1.54, 1.807) is 23.3 Å². The molecule has 0 bridgehead atoms. The fourth-order valence-electron chi connectivity index (χ4n) is 2.71. The van der Waals surface area contributed by atoms with Gasteiger partial charge in [-0.05, 0) is 30.7 Å². The van der Waals surface area contributed by atoms with Crippen molar-refractivity contribution < 1.29 is 4.79 Å². The minimum Gasteiger partial charge on any atom is -0.368 e. The summed E-state index contributed by atoms with van der Waals surface area (Å²) in [5.41, 5.74) is 9.41. The van der Waals surface area contributed by atoms with Gasteiger partial charge in [0.15, 0.2) is 0 Å². The molecule has 0 saturated heterocycles. The first-order valence-corrected chi connectivity index (χ1v) is 8.30. The number of aromatic amines is 1. The Kier molecular flexibility index (Phi) is 4.13. The lowest BCUT2D eigenvalue weighted by molar-refractivity contribution is 0.252. The van der Waals surface area contributed by atoms with Gasteiger partial charge >= 0.3 is 6.03 Å². The highest BCUT2D eigenvalue weighted by Gasteiger charge is 2.14. The molecule has 0 fully saturated rings. The van der Waals surface area contributed by atoms with E-state index >= 15 is 0 Å².